The third-order valence-corrected chi connectivity index (χ3v) is 6.56. The lowest BCUT2D eigenvalue weighted by Gasteiger charge is -2.26. The summed E-state index contributed by atoms with van der Waals surface area (Å²) in [6, 6.07) is 3.09. The molecule has 0 spiro atoms. The molecular formula is C14H22BrNO4S. The first-order valence-electron chi connectivity index (χ1n) is 6.66. The number of hydrogen-bond donors (Lipinski definition) is 1. The largest absolute Gasteiger partial charge is 0.392 e. The summed E-state index contributed by atoms with van der Waals surface area (Å²) in [4.78, 5) is 0.177. The van der Waals surface area contributed by atoms with E-state index in [1.54, 1.807) is 13.0 Å². The van der Waals surface area contributed by atoms with Gasteiger partial charge in [-0.05, 0) is 53.9 Å². The van der Waals surface area contributed by atoms with Gasteiger partial charge in [0.2, 0.25) is 10.0 Å². The maximum Gasteiger partial charge on any atom is 0.244 e. The fourth-order valence-corrected chi connectivity index (χ4v) is 4.70. The molecule has 5 nitrogen and oxygen atoms in total. The standard InChI is InChI=1S/C14H22BrNO4S/c1-10(2)16(5-6-20-4)21(18,19)13-8-12(9-17)7-11(3)14(13)15/h7-8,10,17H,5-6,9H2,1-4H3. The van der Waals surface area contributed by atoms with E-state index in [4.69, 9.17) is 4.74 Å². The quantitative estimate of drug-likeness (QED) is 0.788. The summed E-state index contributed by atoms with van der Waals surface area (Å²) in [6.07, 6.45) is 0. The monoisotopic (exact) mass is 379 g/mol. The van der Waals surface area contributed by atoms with E-state index in [9.17, 15) is 13.5 Å². The summed E-state index contributed by atoms with van der Waals surface area (Å²) >= 11 is 3.35. The Morgan fingerprint density at radius 3 is 2.48 bits per heavy atom. The molecule has 0 aromatic heterocycles. The van der Waals surface area contributed by atoms with Gasteiger partial charge in [-0.25, -0.2) is 8.42 Å². The van der Waals surface area contributed by atoms with E-state index in [1.807, 2.05) is 13.8 Å². The first-order chi connectivity index (χ1) is 9.75. The highest BCUT2D eigenvalue weighted by Crippen LogP contribution is 2.30. The Labute approximate surface area is 135 Å². The lowest BCUT2D eigenvalue weighted by Crippen LogP contribution is -2.39. The van der Waals surface area contributed by atoms with Gasteiger partial charge in [0.25, 0.3) is 0 Å². The highest BCUT2D eigenvalue weighted by Gasteiger charge is 2.29. The van der Waals surface area contributed by atoms with Crippen LogP contribution in [0.2, 0.25) is 0 Å². The maximum absolute atomic E-state index is 12.9. The fraction of sp³-hybridized carbons (Fsp3) is 0.571. The molecule has 0 amide bonds. The predicted octanol–water partition coefficient (Wildman–Crippen LogP) is 2.30. The predicted molar refractivity (Wildman–Crippen MR) is 85.7 cm³/mol. The average molecular weight is 380 g/mol. The zero-order valence-electron chi connectivity index (χ0n) is 12.8. The van der Waals surface area contributed by atoms with Crippen molar-refractivity contribution in [2.24, 2.45) is 0 Å². The molecule has 0 heterocycles. The molecule has 0 aliphatic carbocycles. The van der Waals surface area contributed by atoms with Crippen LogP contribution in [0, 0.1) is 6.92 Å². The molecule has 1 aromatic rings. The van der Waals surface area contributed by atoms with Crippen molar-refractivity contribution in [3.63, 3.8) is 0 Å². The van der Waals surface area contributed by atoms with E-state index in [0.717, 1.165) is 5.56 Å². The molecule has 0 aliphatic rings. The fourth-order valence-electron chi connectivity index (χ4n) is 2.05. The Bertz CT molecular complexity index is 587. The van der Waals surface area contributed by atoms with E-state index in [0.29, 0.717) is 16.6 Å². The Morgan fingerprint density at radius 1 is 1.38 bits per heavy atom. The van der Waals surface area contributed by atoms with Crippen LogP contribution in [0.1, 0.15) is 25.0 Å². The van der Waals surface area contributed by atoms with Crippen LogP contribution >= 0.6 is 15.9 Å². The molecule has 21 heavy (non-hydrogen) atoms. The molecule has 0 saturated carbocycles. The molecule has 0 radical (unpaired) electrons. The number of ether oxygens (including phenoxy) is 1. The summed E-state index contributed by atoms with van der Waals surface area (Å²) in [5.41, 5.74) is 1.35. The first-order valence-corrected chi connectivity index (χ1v) is 8.89. The smallest absolute Gasteiger partial charge is 0.244 e. The molecule has 0 unspecified atom stereocenters. The van der Waals surface area contributed by atoms with Crippen LogP contribution in [0.5, 0.6) is 0 Å². The molecule has 0 bridgehead atoms. The van der Waals surface area contributed by atoms with Gasteiger partial charge in [0, 0.05) is 24.2 Å². The van der Waals surface area contributed by atoms with Crippen LogP contribution in [-0.2, 0) is 21.4 Å². The summed E-state index contributed by atoms with van der Waals surface area (Å²) < 4.78 is 32.7. The number of rotatable bonds is 7. The number of sulfonamides is 1. The molecule has 1 rings (SSSR count). The second-order valence-corrected chi connectivity index (χ2v) is 7.74. The Kier molecular flexibility index (Phi) is 6.80. The molecule has 0 saturated heterocycles. The van der Waals surface area contributed by atoms with E-state index in [2.05, 4.69) is 15.9 Å². The number of halogens is 1. The minimum Gasteiger partial charge on any atom is -0.392 e. The third-order valence-electron chi connectivity index (χ3n) is 3.14. The molecule has 7 heteroatoms. The van der Waals surface area contributed by atoms with Crippen molar-refractivity contribution in [2.45, 2.75) is 38.3 Å². The van der Waals surface area contributed by atoms with E-state index in [-0.39, 0.29) is 24.1 Å². The molecule has 120 valence electrons. The summed E-state index contributed by atoms with van der Waals surface area (Å²) in [5.74, 6) is 0. The van der Waals surface area contributed by atoms with Crippen molar-refractivity contribution in [2.75, 3.05) is 20.3 Å². The molecular weight excluding hydrogens is 358 g/mol. The number of methoxy groups -OCH3 is 1. The second kappa shape index (κ2) is 7.69. The summed E-state index contributed by atoms with van der Waals surface area (Å²) in [6.45, 7) is 5.86. The maximum atomic E-state index is 12.9. The van der Waals surface area contributed by atoms with Crippen molar-refractivity contribution in [1.29, 1.82) is 0 Å². The van der Waals surface area contributed by atoms with E-state index >= 15 is 0 Å². The number of aryl methyl sites for hydroxylation is 1. The van der Waals surface area contributed by atoms with Gasteiger partial charge >= 0.3 is 0 Å². The lowest BCUT2D eigenvalue weighted by molar-refractivity contribution is 0.171. The number of hydrogen-bond acceptors (Lipinski definition) is 4. The SMILES string of the molecule is COCCN(C(C)C)S(=O)(=O)c1cc(CO)cc(C)c1Br. The topological polar surface area (TPSA) is 66.8 Å². The minimum absolute atomic E-state index is 0.177. The number of benzene rings is 1. The molecule has 1 N–H and O–H groups in total. The van der Waals surface area contributed by atoms with Crippen molar-refractivity contribution >= 4 is 26.0 Å². The van der Waals surface area contributed by atoms with E-state index < -0.39 is 10.0 Å². The second-order valence-electron chi connectivity index (χ2n) is 5.09. The van der Waals surface area contributed by atoms with Crippen molar-refractivity contribution < 1.29 is 18.3 Å². The van der Waals surface area contributed by atoms with Crippen LogP contribution in [0.3, 0.4) is 0 Å². The first kappa shape index (κ1) is 18.6. The average Bonchev–Trinajstić information content (AvgIpc) is 2.41. The van der Waals surface area contributed by atoms with Crippen molar-refractivity contribution in [3.05, 3.63) is 27.7 Å². The Balaban J connectivity index is 3.37. The van der Waals surface area contributed by atoms with Gasteiger partial charge in [0.1, 0.15) is 0 Å². The normalized spacial score (nSPS) is 12.4. The molecule has 0 atom stereocenters. The van der Waals surface area contributed by atoms with Gasteiger partial charge in [-0.3, -0.25) is 0 Å². The number of aliphatic hydroxyl groups is 1. The van der Waals surface area contributed by atoms with Gasteiger partial charge in [0.05, 0.1) is 18.1 Å². The van der Waals surface area contributed by atoms with Crippen molar-refractivity contribution in [3.8, 4) is 0 Å². The van der Waals surface area contributed by atoms with Crippen LogP contribution < -0.4 is 0 Å². The number of nitrogens with zero attached hydrogens (tertiary/aromatic N) is 1. The van der Waals surface area contributed by atoms with Crippen LogP contribution in [-0.4, -0.2) is 44.1 Å². The van der Waals surface area contributed by atoms with Gasteiger partial charge < -0.3 is 9.84 Å². The zero-order valence-corrected chi connectivity index (χ0v) is 15.2. The highest BCUT2D eigenvalue weighted by molar-refractivity contribution is 9.10. The van der Waals surface area contributed by atoms with Gasteiger partial charge in [0.15, 0.2) is 0 Å². The van der Waals surface area contributed by atoms with Crippen molar-refractivity contribution in [1.82, 2.24) is 4.31 Å². The van der Waals surface area contributed by atoms with Gasteiger partial charge in [-0.1, -0.05) is 6.07 Å². The summed E-state index contributed by atoms with van der Waals surface area (Å²) in [5, 5.41) is 9.29. The molecule has 1 aromatic carbocycles. The van der Waals surface area contributed by atoms with Crippen LogP contribution in [0.25, 0.3) is 0 Å². The summed E-state index contributed by atoms with van der Waals surface area (Å²) in [7, 11) is -2.12. The van der Waals surface area contributed by atoms with Crippen LogP contribution in [0.15, 0.2) is 21.5 Å². The number of aliphatic hydroxyl groups excluding tert-OH is 1. The molecule has 0 fully saturated rings. The van der Waals surface area contributed by atoms with E-state index in [1.165, 1.54) is 17.5 Å². The molecule has 0 aliphatic heterocycles. The third kappa shape index (κ3) is 4.26. The lowest BCUT2D eigenvalue weighted by atomic mass is 10.1. The van der Waals surface area contributed by atoms with Crippen LogP contribution in [0.4, 0.5) is 0 Å². The van der Waals surface area contributed by atoms with Gasteiger partial charge in [-0.15, -0.1) is 0 Å². The van der Waals surface area contributed by atoms with Gasteiger partial charge in [-0.2, -0.15) is 4.31 Å². The Morgan fingerprint density at radius 2 is 2.00 bits per heavy atom. The zero-order chi connectivity index (χ0) is 16.2. The minimum atomic E-state index is -3.66. The Hall–Kier alpha value is -0.470. The highest BCUT2D eigenvalue weighted by atomic mass is 79.9.